The molecule has 0 unspecified atom stereocenters. The van der Waals surface area contributed by atoms with Crippen LogP contribution in [0.2, 0.25) is 0 Å². The van der Waals surface area contributed by atoms with Gasteiger partial charge >= 0.3 is 6.03 Å². The van der Waals surface area contributed by atoms with E-state index in [-0.39, 0.29) is 17.5 Å². The lowest BCUT2D eigenvalue weighted by molar-refractivity contribution is 0.0949. The Morgan fingerprint density at radius 2 is 1.64 bits per heavy atom. The number of urea groups is 1. The van der Waals surface area contributed by atoms with Crippen LogP contribution < -0.4 is 20.8 Å². The number of phenolic OH excluding ortho intramolecular Hbond substituents is 1. The molecule has 0 aliphatic heterocycles. The molecule has 9 nitrogen and oxygen atoms in total. The Morgan fingerprint density at radius 1 is 0.889 bits per heavy atom. The first-order chi connectivity index (χ1) is 17.4. The van der Waals surface area contributed by atoms with Gasteiger partial charge in [0.2, 0.25) is 0 Å². The maximum Gasteiger partial charge on any atom is 0.323 e. The molecule has 0 atom stereocenters. The summed E-state index contributed by atoms with van der Waals surface area (Å²) in [5.41, 5.74) is 5.59. The second-order valence-corrected chi connectivity index (χ2v) is 7.74. The van der Waals surface area contributed by atoms with E-state index in [9.17, 15) is 14.7 Å². The fraction of sp³-hybridized carbons (Fsp3) is 0.0370. The Balaban J connectivity index is 1.31. The molecule has 0 bridgehead atoms. The number of hydrogen-bond acceptors (Lipinski definition) is 6. The van der Waals surface area contributed by atoms with E-state index < -0.39 is 5.91 Å². The van der Waals surface area contributed by atoms with Crippen LogP contribution in [-0.2, 0) is 0 Å². The van der Waals surface area contributed by atoms with E-state index in [1.54, 1.807) is 42.5 Å². The number of carbonyl (C=O) groups is 2. The number of ether oxygens (including phenoxy) is 1. The minimum atomic E-state index is -0.505. The van der Waals surface area contributed by atoms with Gasteiger partial charge in [-0.3, -0.25) is 9.78 Å². The van der Waals surface area contributed by atoms with Gasteiger partial charge < -0.3 is 20.5 Å². The van der Waals surface area contributed by atoms with E-state index in [4.69, 9.17) is 4.74 Å². The number of benzene rings is 3. The van der Waals surface area contributed by atoms with Crippen LogP contribution in [0, 0.1) is 6.92 Å². The molecule has 0 spiro atoms. The first-order valence-electron chi connectivity index (χ1n) is 11.0. The molecule has 36 heavy (non-hydrogen) atoms. The number of carbonyl (C=O) groups excluding carboxylic acids is 2. The van der Waals surface area contributed by atoms with Gasteiger partial charge in [0.05, 0.1) is 6.21 Å². The lowest BCUT2D eigenvalue weighted by atomic mass is 10.2. The average molecular weight is 482 g/mol. The van der Waals surface area contributed by atoms with Crippen molar-refractivity contribution in [1.29, 1.82) is 0 Å². The topological polar surface area (TPSA) is 125 Å². The van der Waals surface area contributed by atoms with E-state index in [0.717, 1.165) is 5.56 Å². The molecule has 4 rings (SSSR count). The fourth-order valence-electron chi connectivity index (χ4n) is 3.14. The van der Waals surface area contributed by atoms with Crippen molar-refractivity contribution < 1.29 is 19.4 Å². The normalized spacial score (nSPS) is 10.6. The van der Waals surface area contributed by atoms with E-state index in [1.807, 2.05) is 31.2 Å². The fourth-order valence-corrected chi connectivity index (χ4v) is 3.14. The minimum absolute atomic E-state index is 0.126. The van der Waals surface area contributed by atoms with Crippen molar-refractivity contribution in [2.75, 3.05) is 10.6 Å². The summed E-state index contributed by atoms with van der Waals surface area (Å²) in [6.07, 6.45) is 2.91. The Bertz CT molecular complexity index is 1390. The molecule has 1 heterocycles. The van der Waals surface area contributed by atoms with Crippen molar-refractivity contribution in [2.45, 2.75) is 6.92 Å². The summed E-state index contributed by atoms with van der Waals surface area (Å²) in [6, 6.07) is 23.5. The molecule has 0 radical (unpaired) electrons. The van der Waals surface area contributed by atoms with Gasteiger partial charge in [0, 0.05) is 23.6 Å². The number of phenols is 1. The smallest absolute Gasteiger partial charge is 0.323 e. The Morgan fingerprint density at radius 3 is 2.39 bits per heavy atom. The number of hydrazone groups is 1. The number of amides is 3. The van der Waals surface area contributed by atoms with Crippen molar-refractivity contribution in [3.8, 4) is 17.2 Å². The molecule has 0 aliphatic carbocycles. The highest BCUT2D eigenvalue weighted by Gasteiger charge is 2.09. The number of aromatic nitrogens is 1. The quantitative estimate of drug-likeness (QED) is 0.211. The third-order valence-corrected chi connectivity index (χ3v) is 4.86. The van der Waals surface area contributed by atoms with Crippen LogP contribution >= 0.6 is 0 Å². The van der Waals surface area contributed by atoms with Crippen LogP contribution in [0.25, 0.3) is 0 Å². The van der Waals surface area contributed by atoms with E-state index >= 15 is 0 Å². The SMILES string of the molecule is Cc1cccc(NC(=O)Nc2ccc(Oc3ccnc(C(=O)NN=Cc4ccc(O)cc4)c3)cc2)c1. The summed E-state index contributed by atoms with van der Waals surface area (Å²) in [4.78, 5) is 28.6. The summed E-state index contributed by atoms with van der Waals surface area (Å²) in [6.45, 7) is 1.95. The predicted molar refractivity (Wildman–Crippen MR) is 138 cm³/mol. The number of aromatic hydroxyl groups is 1. The Labute approximate surface area is 207 Å². The van der Waals surface area contributed by atoms with Crippen LogP contribution in [0.3, 0.4) is 0 Å². The molecule has 0 saturated heterocycles. The third-order valence-electron chi connectivity index (χ3n) is 4.86. The number of nitrogens with one attached hydrogen (secondary N) is 3. The lowest BCUT2D eigenvalue weighted by Crippen LogP contribution is -2.19. The van der Waals surface area contributed by atoms with Crippen molar-refractivity contribution in [3.05, 3.63) is 108 Å². The van der Waals surface area contributed by atoms with Gasteiger partial charge in [-0.2, -0.15) is 5.10 Å². The molecule has 3 aromatic carbocycles. The van der Waals surface area contributed by atoms with Crippen LogP contribution in [0.1, 0.15) is 21.6 Å². The second kappa shape index (κ2) is 11.3. The number of anilines is 2. The van der Waals surface area contributed by atoms with E-state index in [1.165, 1.54) is 30.6 Å². The predicted octanol–water partition coefficient (Wildman–Crippen LogP) is 5.30. The van der Waals surface area contributed by atoms with Crippen LogP contribution in [0.15, 0.2) is 96.2 Å². The molecule has 3 amide bonds. The Hall–Kier alpha value is -5.18. The molecule has 0 saturated carbocycles. The van der Waals surface area contributed by atoms with Gasteiger partial charge in [-0.05, 0) is 84.8 Å². The molecule has 4 aromatic rings. The highest BCUT2D eigenvalue weighted by Crippen LogP contribution is 2.23. The number of pyridine rings is 1. The molecule has 1 aromatic heterocycles. The highest BCUT2D eigenvalue weighted by molar-refractivity contribution is 5.99. The van der Waals surface area contributed by atoms with Gasteiger partial charge in [0.1, 0.15) is 22.9 Å². The molecule has 4 N–H and O–H groups in total. The summed E-state index contributed by atoms with van der Waals surface area (Å²) in [5, 5.41) is 18.7. The molecule has 0 fully saturated rings. The molecule has 0 aliphatic rings. The van der Waals surface area contributed by atoms with Crippen molar-refractivity contribution in [2.24, 2.45) is 5.10 Å². The largest absolute Gasteiger partial charge is 0.508 e. The van der Waals surface area contributed by atoms with Gasteiger partial charge in [-0.1, -0.05) is 12.1 Å². The van der Waals surface area contributed by atoms with E-state index in [0.29, 0.717) is 28.4 Å². The molecular formula is C27H23N5O4. The van der Waals surface area contributed by atoms with Gasteiger partial charge in [-0.25, -0.2) is 10.2 Å². The van der Waals surface area contributed by atoms with Crippen LogP contribution in [0.5, 0.6) is 17.2 Å². The summed E-state index contributed by atoms with van der Waals surface area (Å²) >= 11 is 0. The monoisotopic (exact) mass is 481 g/mol. The molecular weight excluding hydrogens is 458 g/mol. The third kappa shape index (κ3) is 6.91. The number of nitrogens with zero attached hydrogens (tertiary/aromatic N) is 2. The minimum Gasteiger partial charge on any atom is -0.508 e. The van der Waals surface area contributed by atoms with Crippen molar-refractivity contribution in [3.63, 3.8) is 0 Å². The van der Waals surface area contributed by atoms with Gasteiger partial charge in [-0.15, -0.1) is 0 Å². The summed E-state index contributed by atoms with van der Waals surface area (Å²) < 4.78 is 5.81. The lowest BCUT2D eigenvalue weighted by Gasteiger charge is -2.10. The molecule has 9 heteroatoms. The van der Waals surface area contributed by atoms with Gasteiger partial charge in [0.15, 0.2) is 0 Å². The zero-order valence-electron chi connectivity index (χ0n) is 19.3. The maximum absolute atomic E-state index is 12.4. The zero-order valence-corrected chi connectivity index (χ0v) is 19.3. The van der Waals surface area contributed by atoms with Crippen molar-refractivity contribution in [1.82, 2.24) is 10.4 Å². The summed E-state index contributed by atoms with van der Waals surface area (Å²) in [7, 11) is 0. The van der Waals surface area contributed by atoms with Crippen LogP contribution in [0.4, 0.5) is 16.2 Å². The Kier molecular flexibility index (Phi) is 7.52. The number of hydrogen-bond donors (Lipinski definition) is 4. The van der Waals surface area contributed by atoms with E-state index in [2.05, 4.69) is 26.1 Å². The zero-order chi connectivity index (χ0) is 25.3. The second-order valence-electron chi connectivity index (χ2n) is 7.74. The standard InChI is InChI=1S/C27H23N5O4/c1-18-3-2-4-21(15-18)31-27(35)30-20-7-11-23(12-8-20)36-24-13-14-28-25(16-24)26(34)32-29-17-19-5-9-22(33)10-6-19/h2-17,33H,1H3,(H,32,34)(H2,30,31,35). The summed E-state index contributed by atoms with van der Waals surface area (Å²) in [5.74, 6) is 0.569. The molecule has 180 valence electrons. The number of rotatable bonds is 7. The average Bonchev–Trinajstić information content (AvgIpc) is 2.86. The first kappa shape index (κ1) is 24.0. The van der Waals surface area contributed by atoms with Gasteiger partial charge in [0.25, 0.3) is 5.91 Å². The first-order valence-corrected chi connectivity index (χ1v) is 11.0. The maximum atomic E-state index is 12.4. The number of aryl methyl sites for hydroxylation is 1. The van der Waals surface area contributed by atoms with Crippen LogP contribution in [-0.4, -0.2) is 28.2 Å². The van der Waals surface area contributed by atoms with Crippen molar-refractivity contribution >= 4 is 29.5 Å². The highest BCUT2D eigenvalue weighted by atomic mass is 16.5.